The molecular formula is C34H49N3O3. The van der Waals surface area contributed by atoms with Gasteiger partial charge in [-0.15, -0.1) is 4.91 Å². The lowest BCUT2D eigenvalue weighted by atomic mass is 10.1. The zero-order chi connectivity index (χ0) is 29.5. The van der Waals surface area contributed by atoms with Gasteiger partial charge in [0, 0.05) is 24.5 Å². The molecule has 0 atom stereocenters. The van der Waals surface area contributed by atoms with Crippen molar-refractivity contribution in [2.75, 3.05) is 26.2 Å². The maximum Gasteiger partial charge on any atom is 0.115 e. The molecule has 1 N–H and O–H groups in total. The largest absolute Gasteiger partial charge is 0.508 e. The number of likely N-dealkylation sites (tertiary alicyclic amines) is 1. The van der Waals surface area contributed by atoms with E-state index in [0.29, 0.717) is 5.69 Å². The number of hydrogen-bond acceptors (Lipinski definition) is 5. The van der Waals surface area contributed by atoms with E-state index in [1.807, 2.05) is 59.0 Å². The molecule has 1 aliphatic rings. The van der Waals surface area contributed by atoms with Gasteiger partial charge in [-0.2, -0.15) is 0 Å². The number of aromatic hydroxyl groups is 1. The molecule has 2 heterocycles. The lowest BCUT2D eigenvalue weighted by Gasteiger charge is -2.19. The summed E-state index contributed by atoms with van der Waals surface area (Å²) in [6.07, 6.45) is 10.9. The monoisotopic (exact) mass is 547 g/mol. The van der Waals surface area contributed by atoms with Gasteiger partial charge in [-0.25, -0.2) is 0 Å². The number of aromatic nitrogens is 1. The first-order valence-corrected chi connectivity index (χ1v) is 14.7. The number of nitroso groups, excluding NO2 is 1. The first-order valence-electron chi connectivity index (χ1n) is 14.7. The molecule has 2 aromatic carbocycles. The topological polar surface area (TPSA) is 67.1 Å². The fourth-order valence-corrected chi connectivity index (χ4v) is 4.82. The van der Waals surface area contributed by atoms with Crippen LogP contribution in [0.25, 0.3) is 22.2 Å². The van der Waals surface area contributed by atoms with Crippen LogP contribution in [0, 0.1) is 11.8 Å². The van der Waals surface area contributed by atoms with Crippen LogP contribution in [0.15, 0.2) is 71.1 Å². The molecule has 0 radical (unpaired) electrons. The van der Waals surface area contributed by atoms with Gasteiger partial charge in [-0.05, 0) is 118 Å². The van der Waals surface area contributed by atoms with Crippen LogP contribution in [0.4, 0.5) is 5.69 Å². The van der Waals surface area contributed by atoms with Crippen LogP contribution in [-0.4, -0.2) is 40.8 Å². The number of phenolic OH excluding ortho intramolecular Hbond substituents is 1. The summed E-state index contributed by atoms with van der Waals surface area (Å²) in [5.74, 6) is 1.27. The molecule has 0 unspecified atom stereocenters. The highest BCUT2D eigenvalue weighted by Gasteiger charge is 2.14. The highest BCUT2D eigenvalue weighted by atomic mass is 16.5. The van der Waals surface area contributed by atoms with Gasteiger partial charge in [-0.3, -0.25) is 4.90 Å². The Morgan fingerprint density at radius 3 is 2.25 bits per heavy atom. The molecule has 1 saturated heterocycles. The third-order valence-corrected chi connectivity index (χ3v) is 7.28. The minimum atomic E-state index is 0.248. The van der Waals surface area contributed by atoms with E-state index < -0.39 is 0 Å². The summed E-state index contributed by atoms with van der Waals surface area (Å²) in [6, 6.07) is 12.5. The fourth-order valence-electron chi connectivity index (χ4n) is 4.82. The third kappa shape index (κ3) is 9.67. The Kier molecular flexibility index (Phi) is 14.2. The summed E-state index contributed by atoms with van der Waals surface area (Å²) in [5.41, 5.74) is 6.08. The van der Waals surface area contributed by atoms with Gasteiger partial charge in [0.05, 0.1) is 11.5 Å². The average molecular weight is 548 g/mol. The number of fused-ring (bicyclic) bond motifs is 1. The van der Waals surface area contributed by atoms with Gasteiger partial charge < -0.3 is 14.4 Å². The number of allylic oxidation sites excluding steroid dienone is 4. The van der Waals surface area contributed by atoms with E-state index in [1.165, 1.54) is 44.3 Å². The molecule has 1 aromatic heterocycles. The van der Waals surface area contributed by atoms with E-state index in [-0.39, 0.29) is 5.75 Å². The molecule has 218 valence electrons. The molecule has 6 nitrogen and oxygen atoms in total. The van der Waals surface area contributed by atoms with E-state index in [9.17, 15) is 10.0 Å². The minimum absolute atomic E-state index is 0.248. The van der Waals surface area contributed by atoms with Crippen molar-refractivity contribution >= 4 is 16.6 Å². The molecule has 1 aliphatic heterocycles. The average Bonchev–Trinajstić information content (AvgIpc) is 3.13. The maximum absolute atomic E-state index is 10.7. The van der Waals surface area contributed by atoms with Gasteiger partial charge in [0.1, 0.15) is 18.0 Å². The van der Waals surface area contributed by atoms with Gasteiger partial charge >= 0.3 is 0 Å². The van der Waals surface area contributed by atoms with E-state index in [2.05, 4.69) is 40.6 Å². The second kappa shape index (κ2) is 17.3. The first-order chi connectivity index (χ1) is 19.3. The molecular weight excluding hydrogens is 498 g/mol. The number of benzene rings is 2. The van der Waals surface area contributed by atoms with Crippen molar-refractivity contribution in [2.45, 2.75) is 73.6 Å². The number of aryl methyl sites for hydroxylation is 2. The summed E-state index contributed by atoms with van der Waals surface area (Å²) in [5, 5.41) is 13.4. The lowest BCUT2D eigenvalue weighted by molar-refractivity contribution is 0.160. The molecule has 4 rings (SSSR count). The van der Waals surface area contributed by atoms with Gasteiger partial charge in [0.15, 0.2) is 0 Å². The highest BCUT2D eigenvalue weighted by Crippen LogP contribution is 2.34. The van der Waals surface area contributed by atoms with Crippen LogP contribution in [0.2, 0.25) is 0 Å². The Hall–Kier alpha value is -3.38. The third-order valence-electron chi connectivity index (χ3n) is 7.28. The molecule has 3 aromatic rings. The summed E-state index contributed by atoms with van der Waals surface area (Å²) in [6.45, 7) is 16.8. The second-order valence-corrected chi connectivity index (χ2v) is 10.1. The number of ether oxygens (including phenoxy) is 1. The Morgan fingerprint density at radius 1 is 1.00 bits per heavy atom. The van der Waals surface area contributed by atoms with Crippen LogP contribution in [0.3, 0.4) is 0 Å². The van der Waals surface area contributed by atoms with Crippen molar-refractivity contribution in [3.8, 4) is 17.0 Å². The quantitative estimate of drug-likeness (QED) is 0.173. The number of rotatable bonds is 8. The van der Waals surface area contributed by atoms with E-state index in [1.54, 1.807) is 18.2 Å². The van der Waals surface area contributed by atoms with Crippen molar-refractivity contribution in [3.63, 3.8) is 0 Å². The molecule has 40 heavy (non-hydrogen) atoms. The number of nitrogens with zero attached hydrogens (tertiary/aromatic N) is 3. The lowest BCUT2D eigenvalue weighted by Crippen LogP contribution is -2.28. The first kappa shape index (κ1) is 32.8. The normalized spacial score (nSPS) is 14.5. The number of phenols is 1. The SMILES string of the molecule is CC.CC/C(C)=C\C=C(/C)OCCN1CCCCCC1.Cc1c(-c2ccc(O)cc2)n(C)c2ccc(N=O)cc12. The van der Waals surface area contributed by atoms with Gasteiger partial charge in [0.2, 0.25) is 0 Å². The van der Waals surface area contributed by atoms with Gasteiger partial charge in [0.25, 0.3) is 0 Å². The van der Waals surface area contributed by atoms with E-state index in [4.69, 9.17) is 4.74 Å². The summed E-state index contributed by atoms with van der Waals surface area (Å²) < 4.78 is 7.84. The maximum atomic E-state index is 10.7. The Bertz CT molecular complexity index is 1250. The van der Waals surface area contributed by atoms with Crippen LogP contribution in [-0.2, 0) is 11.8 Å². The fraction of sp³-hybridized carbons (Fsp3) is 0.471. The zero-order valence-electron chi connectivity index (χ0n) is 25.7. The van der Waals surface area contributed by atoms with Crippen molar-refractivity contribution in [2.24, 2.45) is 12.2 Å². The van der Waals surface area contributed by atoms with Crippen molar-refractivity contribution in [1.29, 1.82) is 0 Å². The molecule has 6 heteroatoms. The van der Waals surface area contributed by atoms with Crippen molar-refractivity contribution < 1.29 is 9.84 Å². The summed E-state index contributed by atoms with van der Waals surface area (Å²) in [7, 11) is 1.99. The van der Waals surface area contributed by atoms with Crippen LogP contribution in [0.1, 0.15) is 72.3 Å². The van der Waals surface area contributed by atoms with Crippen LogP contribution in [0.5, 0.6) is 5.75 Å². The molecule has 0 aliphatic carbocycles. The van der Waals surface area contributed by atoms with E-state index in [0.717, 1.165) is 53.1 Å². The Balaban J connectivity index is 0.000000266. The predicted octanol–water partition coefficient (Wildman–Crippen LogP) is 9.42. The molecule has 0 saturated carbocycles. The summed E-state index contributed by atoms with van der Waals surface area (Å²) >= 11 is 0. The molecule has 0 bridgehead atoms. The van der Waals surface area contributed by atoms with E-state index >= 15 is 0 Å². The predicted molar refractivity (Wildman–Crippen MR) is 170 cm³/mol. The van der Waals surface area contributed by atoms with Gasteiger partial charge in [-0.1, -0.05) is 45.3 Å². The number of hydrogen-bond donors (Lipinski definition) is 1. The Labute approximate surface area is 241 Å². The summed E-state index contributed by atoms with van der Waals surface area (Å²) in [4.78, 5) is 13.2. The van der Waals surface area contributed by atoms with Crippen molar-refractivity contribution in [1.82, 2.24) is 9.47 Å². The second-order valence-electron chi connectivity index (χ2n) is 10.1. The van der Waals surface area contributed by atoms with Crippen molar-refractivity contribution in [3.05, 3.63) is 76.4 Å². The van der Waals surface area contributed by atoms with Crippen LogP contribution >= 0.6 is 0 Å². The Morgan fingerprint density at radius 2 is 1.65 bits per heavy atom. The minimum Gasteiger partial charge on any atom is -0.508 e. The molecule has 0 spiro atoms. The van der Waals surface area contributed by atoms with Crippen LogP contribution < -0.4 is 0 Å². The molecule has 1 fully saturated rings. The zero-order valence-corrected chi connectivity index (χ0v) is 25.7. The highest BCUT2D eigenvalue weighted by molar-refractivity contribution is 5.93. The smallest absolute Gasteiger partial charge is 0.115 e. The standard InChI is InChI=1S/C16H14N2O2.C16H29NO.C2H6/c1-10-14-9-12(17-20)5-8-15(14)18(2)16(10)11-3-6-13(19)7-4-11;1-4-15(2)9-10-16(3)18-14-13-17-11-7-5-6-8-12-17;1-2/h3-9,19H,1-2H3;9-10H,4-8,11-14H2,1-3H3;1-2H3/b;15-9-,16-10+;. The molecule has 0 amide bonds.